The maximum atomic E-state index is 12.2. The quantitative estimate of drug-likeness (QED) is 0.493. The minimum Gasteiger partial charge on any atom is -0.353 e. The predicted octanol–water partition coefficient (Wildman–Crippen LogP) is 5.29. The van der Waals surface area contributed by atoms with Gasteiger partial charge in [-0.2, -0.15) is 0 Å². The molecule has 2 rings (SSSR count). The van der Waals surface area contributed by atoms with Crippen molar-refractivity contribution in [2.45, 2.75) is 58.5 Å². The lowest BCUT2D eigenvalue weighted by Gasteiger charge is -2.16. The molecular weight excluding hydrogens is 386 g/mol. The zero-order valence-corrected chi connectivity index (χ0v) is 17.9. The van der Waals surface area contributed by atoms with E-state index >= 15 is 0 Å². The van der Waals surface area contributed by atoms with Crippen molar-refractivity contribution in [2.75, 3.05) is 5.32 Å². The van der Waals surface area contributed by atoms with Crippen LogP contribution in [0.3, 0.4) is 0 Å². The van der Waals surface area contributed by atoms with Gasteiger partial charge in [0, 0.05) is 23.3 Å². The van der Waals surface area contributed by atoms with Crippen molar-refractivity contribution in [3.05, 3.63) is 64.7 Å². The molecule has 0 saturated carbocycles. The predicted molar refractivity (Wildman–Crippen MR) is 119 cm³/mol. The molecule has 1 atom stereocenters. The SMILES string of the molecule is CCCCC(CC)NC(=O)Cc1ccc(NC(=O)NCc2ccc(Cl)cc2)cc1. The second kappa shape index (κ2) is 12.1. The van der Waals surface area contributed by atoms with Crippen LogP contribution < -0.4 is 16.0 Å². The van der Waals surface area contributed by atoms with Crippen molar-refractivity contribution in [3.8, 4) is 0 Å². The van der Waals surface area contributed by atoms with Crippen molar-refractivity contribution >= 4 is 29.2 Å². The fourth-order valence-corrected chi connectivity index (χ4v) is 3.08. The summed E-state index contributed by atoms with van der Waals surface area (Å²) in [5.41, 5.74) is 2.56. The highest BCUT2D eigenvalue weighted by Crippen LogP contribution is 2.12. The summed E-state index contributed by atoms with van der Waals surface area (Å²) < 4.78 is 0. The van der Waals surface area contributed by atoms with Gasteiger partial charge in [-0.3, -0.25) is 4.79 Å². The van der Waals surface area contributed by atoms with Crippen LogP contribution in [0.2, 0.25) is 5.02 Å². The molecule has 6 heteroatoms. The van der Waals surface area contributed by atoms with Gasteiger partial charge >= 0.3 is 6.03 Å². The Hall–Kier alpha value is -2.53. The molecule has 2 aromatic rings. The van der Waals surface area contributed by atoms with Crippen molar-refractivity contribution in [1.82, 2.24) is 10.6 Å². The standard InChI is InChI=1S/C23H30ClN3O2/c1-3-5-6-20(4-2)26-22(28)15-17-9-13-21(14-10-17)27-23(29)25-16-18-7-11-19(24)12-8-18/h7-14,20H,3-6,15-16H2,1-2H3,(H,26,28)(H2,25,27,29). The van der Waals surface area contributed by atoms with E-state index in [1.807, 2.05) is 24.3 Å². The van der Waals surface area contributed by atoms with E-state index in [2.05, 4.69) is 29.8 Å². The Labute approximate surface area is 178 Å². The third-order valence-electron chi connectivity index (χ3n) is 4.71. The third kappa shape index (κ3) is 8.57. The fourth-order valence-electron chi connectivity index (χ4n) is 2.96. The Bertz CT molecular complexity index is 776. The van der Waals surface area contributed by atoms with Gasteiger partial charge in [0.2, 0.25) is 5.91 Å². The first kappa shape index (κ1) is 22.8. The van der Waals surface area contributed by atoms with Crippen LogP contribution in [0.1, 0.15) is 50.7 Å². The van der Waals surface area contributed by atoms with Crippen LogP contribution in [0, 0.1) is 0 Å². The molecule has 0 aliphatic carbocycles. The molecule has 0 aliphatic heterocycles. The Morgan fingerprint density at radius 3 is 2.24 bits per heavy atom. The number of urea groups is 1. The molecule has 3 amide bonds. The van der Waals surface area contributed by atoms with E-state index in [0.717, 1.165) is 36.8 Å². The van der Waals surface area contributed by atoms with Crippen LogP contribution in [-0.4, -0.2) is 18.0 Å². The highest BCUT2D eigenvalue weighted by molar-refractivity contribution is 6.30. The van der Waals surface area contributed by atoms with Gasteiger partial charge in [0.05, 0.1) is 6.42 Å². The van der Waals surface area contributed by atoms with Crippen LogP contribution in [0.15, 0.2) is 48.5 Å². The maximum absolute atomic E-state index is 12.2. The van der Waals surface area contributed by atoms with Crippen LogP contribution in [0.4, 0.5) is 10.5 Å². The maximum Gasteiger partial charge on any atom is 0.319 e. The van der Waals surface area contributed by atoms with E-state index in [9.17, 15) is 9.59 Å². The molecule has 0 aliphatic rings. The van der Waals surface area contributed by atoms with Gasteiger partial charge in [-0.15, -0.1) is 0 Å². The first-order valence-corrected chi connectivity index (χ1v) is 10.6. The Kier molecular flexibility index (Phi) is 9.51. The minimum absolute atomic E-state index is 0.0365. The van der Waals surface area contributed by atoms with E-state index in [4.69, 9.17) is 11.6 Å². The third-order valence-corrected chi connectivity index (χ3v) is 4.96. The number of unbranched alkanes of at least 4 members (excludes halogenated alkanes) is 1. The molecule has 0 saturated heterocycles. The summed E-state index contributed by atoms with van der Waals surface area (Å²) >= 11 is 5.85. The van der Waals surface area contributed by atoms with E-state index in [-0.39, 0.29) is 18.0 Å². The average Bonchev–Trinajstić information content (AvgIpc) is 2.72. The highest BCUT2D eigenvalue weighted by atomic mass is 35.5. The largest absolute Gasteiger partial charge is 0.353 e. The van der Waals surface area contributed by atoms with Crippen LogP contribution in [0.25, 0.3) is 0 Å². The van der Waals surface area contributed by atoms with Gasteiger partial charge in [-0.25, -0.2) is 4.79 Å². The summed E-state index contributed by atoms with van der Waals surface area (Å²) in [5.74, 6) is 0.0365. The van der Waals surface area contributed by atoms with Crippen molar-refractivity contribution in [1.29, 1.82) is 0 Å². The molecule has 1 unspecified atom stereocenters. The second-order valence-corrected chi connectivity index (χ2v) is 7.56. The number of anilines is 1. The monoisotopic (exact) mass is 415 g/mol. The lowest BCUT2D eigenvalue weighted by atomic mass is 10.1. The van der Waals surface area contributed by atoms with E-state index in [1.165, 1.54) is 0 Å². The summed E-state index contributed by atoms with van der Waals surface area (Å²) in [6.07, 6.45) is 4.56. The fraction of sp³-hybridized carbons (Fsp3) is 0.391. The Morgan fingerprint density at radius 1 is 0.966 bits per heavy atom. The smallest absolute Gasteiger partial charge is 0.319 e. The molecule has 0 spiro atoms. The molecular formula is C23H30ClN3O2. The number of nitrogens with one attached hydrogen (secondary N) is 3. The molecule has 0 bridgehead atoms. The first-order chi connectivity index (χ1) is 14.0. The molecule has 2 aromatic carbocycles. The Morgan fingerprint density at radius 2 is 1.62 bits per heavy atom. The highest BCUT2D eigenvalue weighted by Gasteiger charge is 2.10. The number of hydrogen-bond acceptors (Lipinski definition) is 2. The number of rotatable bonds is 10. The summed E-state index contributed by atoms with van der Waals surface area (Å²) in [5, 5.41) is 9.36. The lowest BCUT2D eigenvalue weighted by Crippen LogP contribution is -2.35. The van der Waals surface area contributed by atoms with Gasteiger partial charge in [-0.1, -0.05) is 62.6 Å². The number of carbonyl (C=O) groups is 2. The number of halogens is 1. The van der Waals surface area contributed by atoms with Crippen LogP contribution in [-0.2, 0) is 17.8 Å². The minimum atomic E-state index is -0.285. The molecule has 0 aromatic heterocycles. The molecule has 0 fully saturated rings. The number of benzene rings is 2. The van der Waals surface area contributed by atoms with Crippen molar-refractivity contribution in [3.63, 3.8) is 0 Å². The first-order valence-electron chi connectivity index (χ1n) is 10.2. The summed E-state index contributed by atoms with van der Waals surface area (Å²) in [6.45, 7) is 4.67. The zero-order chi connectivity index (χ0) is 21.1. The Balaban J connectivity index is 1.77. The lowest BCUT2D eigenvalue weighted by molar-refractivity contribution is -0.121. The van der Waals surface area contributed by atoms with E-state index in [0.29, 0.717) is 23.7 Å². The molecule has 156 valence electrons. The van der Waals surface area contributed by atoms with Crippen LogP contribution in [0.5, 0.6) is 0 Å². The van der Waals surface area contributed by atoms with Crippen molar-refractivity contribution in [2.24, 2.45) is 0 Å². The van der Waals surface area contributed by atoms with Crippen molar-refractivity contribution < 1.29 is 9.59 Å². The van der Waals surface area contributed by atoms with Gasteiger partial charge in [-0.05, 0) is 48.2 Å². The summed E-state index contributed by atoms with van der Waals surface area (Å²) in [4.78, 5) is 24.3. The average molecular weight is 416 g/mol. The summed E-state index contributed by atoms with van der Waals surface area (Å²) in [7, 11) is 0. The normalized spacial score (nSPS) is 11.6. The molecule has 29 heavy (non-hydrogen) atoms. The molecule has 5 nitrogen and oxygen atoms in total. The number of hydrogen-bond donors (Lipinski definition) is 3. The van der Waals surface area contributed by atoms with Crippen LogP contribution >= 0.6 is 11.6 Å². The number of amides is 3. The molecule has 3 N–H and O–H groups in total. The molecule has 0 heterocycles. The topological polar surface area (TPSA) is 70.2 Å². The van der Waals surface area contributed by atoms with E-state index < -0.39 is 0 Å². The number of carbonyl (C=O) groups excluding carboxylic acids is 2. The van der Waals surface area contributed by atoms with E-state index in [1.54, 1.807) is 24.3 Å². The van der Waals surface area contributed by atoms with Gasteiger partial charge < -0.3 is 16.0 Å². The second-order valence-electron chi connectivity index (χ2n) is 7.12. The zero-order valence-electron chi connectivity index (χ0n) is 17.1. The van der Waals surface area contributed by atoms with Gasteiger partial charge in [0.25, 0.3) is 0 Å². The van der Waals surface area contributed by atoms with Gasteiger partial charge in [0.1, 0.15) is 0 Å². The summed E-state index contributed by atoms with van der Waals surface area (Å²) in [6, 6.07) is 14.6. The molecule has 0 radical (unpaired) electrons. The van der Waals surface area contributed by atoms with Gasteiger partial charge in [0.15, 0.2) is 0 Å².